The molecule has 13 heteroatoms. The monoisotopic (exact) mass is 890 g/mol. The molecule has 1 fully saturated rings. The number of hydrogen-bond acceptors (Lipinski definition) is 10. The molecule has 1 rings (SSSR count). The fourth-order valence-electron chi connectivity index (χ4n) is 7.92. The van der Waals surface area contributed by atoms with Crippen LogP contribution < -0.4 is 5.32 Å². The van der Waals surface area contributed by atoms with Crippen molar-refractivity contribution in [2.75, 3.05) is 13.2 Å². The number of hydrogen-bond donors (Lipinski definition) is 6. The zero-order valence-corrected chi connectivity index (χ0v) is 39.3. The molecule has 0 radical (unpaired) electrons. The number of unbranched alkanes of at least 4 members (excludes halogenated alkanes) is 27. The Morgan fingerprint density at radius 1 is 0.656 bits per heavy atom. The molecule has 1 saturated heterocycles. The molecule has 61 heavy (non-hydrogen) atoms. The van der Waals surface area contributed by atoms with Crippen LogP contribution in [0.4, 0.5) is 0 Å². The maximum absolute atomic E-state index is 13.1. The average molecular weight is 890 g/mol. The van der Waals surface area contributed by atoms with Crippen molar-refractivity contribution in [3.05, 3.63) is 24.3 Å². The molecule has 12 nitrogen and oxygen atoms in total. The van der Waals surface area contributed by atoms with Crippen LogP contribution in [-0.4, -0.2) is 95.4 Å². The molecule has 0 aromatic heterocycles. The molecule has 0 spiro atoms. The number of carbonyl (C=O) groups is 1. The number of allylic oxidation sites excluding steroid dienone is 4. The number of aliphatic hydroxyl groups excluding tert-OH is 4. The first-order valence-electron chi connectivity index (χ1n) is 24.7. The van der Waals surface area contributed by atoms with Gasteiger partial charge in [0.25, 0.3) is 0 Å². The van der Waals surface area contributed by atoms with Gasteiger partial charge in [-0.2, -0.15) is 8.42 Å². The van der Waals surface area contributed by atoms with Crippen molar-refractivity contribution in [2.24, 2.45) is 0 Å². The summed E-state index contributed by atoms with van der Waals surface area (Å²) < 4.78 is 47.7. The molecule has 0 aromatic rings. The number of rotatable bonds is 42. The van der Waals surface area contributed by atoms with Crippen LogP contribution in [0.15, 0.2) is 24.3 Å². The quantitative estimate of drug-likeness (QED) is 0.0194. The summed E-state index contributed by atoms with van der Waals surface area (Å²) in [6.07, 6.45) is 36.0. The highest BCUT2D eigenvalue weighted by Gasteiger charge is 2.48. The third kappa shape index (κ3) is 32.0. The van der Waals surface area contributed by atoms with E-state index in [9.17, 15) is 38.2 Å². The second-order valence-electron chi connectivity index (χ2n) is 17.4. The van der Waals surface area contributed by atoms with E-state index in [1.807, 2.05) is 0 Å². The molecular formula is C48H91NO11S. The standard InChI is InChI=1S/C48H91NO11S/c1-3-5-7-9-11-13-15-17-19-20-21-22-24-25-27-29-31-33-35-37-42(51)41(40-58-48-46(54)47(60-61(55,56)57)45(53)43(39-50)59-48)49-44(52)38-36-34-32-30-28-26-23-18-16-14-12-10-8-6-4-2/h12,14,16,18,41-43,45-48,50-51,53-54H,3-11,13,15,17,19-40H2,1-2H3,(H,49,52)(H,55,56,57)/b14-12-,18-16-. The topological polar surface area (TPSA) is 192 Å². The molecule has 1 aliphatic rings. The van der Waals surface area contributed by atoms with Gasteiger partial charge in [-0.15, -0.1) is 0 Å². The number of ether oxygens (including phenoxy) is 2. The summed E-state index contributed by atoms with van der Waals surface area (Å²) in [4.78, 5) is 13.1. The molecule has 1 heterocycles. The van der Waals surface area contributed by atoms with Gasteiger partial charge in [-0.25, -0.2) is 4.18 Å². The van der Waals surface area contributed by atoms with E-state index < -0.39 is 59.9 Å². The number of amides is 1. The molecule has 1 amide bonds. The van der Waals surface area contributed by atoms with E-state index in [2.05, 4.69) is 47.7 Å². The van der Waals surface area contributed by atoms with Crippen molar-refractivity contribution < 1.29 is 51.8 Å². The van der Waals surface area contributed by atoms with Crippen LogP contribution in [0, 0.1) is 0 Å². The van der Waals surface area contributed by atoms with Crippen LogP contribution in [0.1, 0.15) is 219 Å². The van der Waals surface area contributed by atoms with E-state index in [0.717, 1.165) is 70.6 Å². The van der Waals surface area contributed by atoms with Crippen LogP contribution in [0.25, 0.3) is 0 Å². The van der Waals surface area contributed by atoms with Crippen molar-refractivity contribution in [3.8, 4) is 0 Å². The Balaban J connectivity index is 2.46. The fourth-order valence-corrected chi connectivity index (χ4v) is 8.43. The SMILES string of the molecule is CCCCC/C=C\C=C/CCCCCCCCC(=O)NC(COC1OC(CO)C(O)C(OS(=O)(=O)O)C1O)C(O)CCCCCCCCCCCCCCCCCCCCC. The maximum Gasteiger partial charge on any atom is 0.397 e. The molecular weight excluding hydrogens is 799 g/mol. The van der Waals surface area contributed by atoms with Gasteiger partial charge in [0.05, 0.1) is 25.4 Å². The highest BCUT2D eigenvalue weighted by Crippen LogP contribution is 2.26. The number of nitrogens with one attached hydrogen (secondary N) is 1. The molecule has 7 unspecified atom stereocenters. The first-order valence-corrected chi connectivity index (χ1v) is 26.1. The highest BCUT2D eigenvalue weighted by atomic mass is 32.3. The van der Waals surface area contributed by atoms with Crippen molar-refractivity contribution >= 4 is 16.3 Å². The summed E-state index contributed by atoms with van der Waals surface area (Å²) in [5.41, 5.74) is 0. The van der Waals surface area contributed by atoms with Gasteiger partial charge in [-0.1, -0.05) is 199 Å². The molecule has 0 bridgehead atoms. The lowest BCUT2D eigenvalue weighted by atomic mass is 9.99. The lowest BCUT2D eigenvalue weighted by Gasteiger charge is -2.41. The third-order valence-electron chi connectivity index (χ3n) is 11.8. The Hall–Kier alpha value is -1.42. The normalized spacial score (nSPS) is 20.8. The Bertz CT molecular complexity index is 1190. The summed E-state index contributed by atoms with van der Waals surface area (Å²) >= 11 is 0. The van der Waals surface area contributed by atoms with Gasteiger partial charge >= 0.3 is 10.4 Å². The molecule has 6 N–H and O–H groups in total. The summed E-state index contributed by atoms with van der Waals surface area (Å²) in [6.45, 7) is 3.42. The molecule has 0 aliphatic carbocycles. The number of aliphatic hydroxyl groups is 4. The van der Waals surface area contributed by atoms with Crippen molar-refractivity contribution in [1.29, 1.82) is 0 Å². The van der Waals surface area contributed by atoms with Crippen LogP contribution in [-0.2, 0) is 28.9 Å². The summed E-state index contributed by atoms with van der Waals surface area (Å²) in [6, 6.07) is -0.863. The Kier molecular flexibility index (Phi) is 36.8. The first-order chi connectivity index (χ1) is 29.5. The predicted molar refractivity (Wildman–Crippen MR) is 245 cm³/mol. The smallest absolute Gasteiger partial charge is 0.394 e. The third-order valence-corrected chi connectivity index (χ3v) is 12.3. The van der Waals surface area contributed by atoms with Gasteiger partial charge in [-0.3, -0.25) is 9.35 Å². The Morgan fingerprint density at radius 2 is 1.08 bits per heavy atom. The number of carbonyl (C=O) groups excluding carboxylic acids is 1. The molecule has 1 aliphatic heterocycles. The zero-order valence-electron chi connectivity index (χ0n) is 38.5. The summed E-state index contributed by atoms with van der Waals surface area (Å²) in [5, 5.41) is 44.9. The van der Waals surface area contributed by atoms with Gasteiger partial charge in [0.15, 0.2) is 6.29 Å². The van der Waals surface area contributed by atoms with Crippen LogP contribution in [0.2, 0.25) is 0 Å². The van der Waals surface area contributed by atoms with Gasteiger partial charge in [0.1, 0.15) is 24.4 Å². The fraction of sp³-hybridized carbons (Fsp3) is 0.896. The minimum absolute atomic E-state index is 0.241. The molecule has 7 atom stereocenters. The summed E-state index contributed by atoms with van der Waals surface area (Å²) in [7, 11) is -5.08. The van der Waals surface area contributed by atoms with Gasteiger partial charge in [0.2, 0.25) is 5.91 Å². The lowest BCUT2D eigenvalue weighted by molar-refractivity contribution is -0.298. The van der Waals surface area contributed by atoms with E-state index in [1.54, 1.807) is 0 Å². The van der Waals surface area contributed by atoms with Crippen LogP contribution in [0.3, 0.4) is 0 Å². The second kappa shape index (κ2) is 39.0. The van der Waals surface area contributed by atoms with Crippen molar-refractivity contribution in [1.82, 2.24) is 5.32 Å². The van der Waals surface area contributed by atoms with Crippen LogP contribution in [0.5, 0.6) is 0 Å². The zero-order chi connectivity index (χ0) is 44.8. The van der Waals surface area contributed by atoms with E-state index in [-0.39, 0.29) is 18.9 Å². The van der Waals surface area contributed by atoms with Crippen molar-refractivity contribution in [3.63, 3.8) is 0 Å². The molecule has 0 saturated carbocycles. The Labute approximate surface area is 372 Å². The Morgan fingerprint density at radius 3 is 1.56 bits per heavy atom. The van der Waals surface area contributed by atoms with Gasteiger partial charge in [0, 0.05) is 6.42 Å². The lowest BCUT2D eigenvalue weighted by Crippen LogP contribution is -2.61. The van der Waals surface area contributed by atoms with Gasteiger partial charge in [-0.05, 0) is 38.5 Å². The van der Waals surface area contributed by atoms with E-state index in [0.29, 0.717) is 12.8 Å². The highest BCUT2D eigenvalue weighted by molar-refractivity contribution is 7.80. The molecule has 0 aromatic carbocycles. The predicted octanol–water partition coefficient (Wildman–Crippen LogP) is 10.1. The second-order valence-corrected chi connectivity index (χ2v) is 18.5. The first kappa shape index (κ1) is 57.6. The largest absolute Gasteiger partial charge is 0.397 e. The summed E-state index contributed by atoms with van der Waals surface area (Å²) in [5.74, 6) is -0.241. The molecule has 360 valence electrons. The van der Waals surface area contributed by atoms with E-state index in [4.69, 9.17) is 9.47 Å². The average Bonchev–Trinajstić information content (AvgIpc) is 3.23. The van der Waals surface area contributed by atoms with Crippen LogP contribution >= 0.6 is 0 Å². The van der Waals surface area contributed by atoms with Gasteiger partial charge < -0.3 is 35.2 Å². The van der Waals surface area contributed by atoms with E-state index in [1.165, 1.54) is 116 Å². The maximum atomic E-state index is 13.1. The van der Waals surface area contributed by atoms with Crippen molar-refractivity contribution in [2.45, 2.75) is 262 Å². The van der Waals surface area contributed by atoms with E-state index >= 15 is 0 Å². The minimum atomic E-state index is -5.08. The minimum Gasteiger partial charge on any atom is -0.394 e.